The van der Waals surface area contributed by atoms with E-state index in [0.29, 0.717) is 43.4 Å². The van der Waals surface area contributed by atoms with Gasteiger partial charge in [0, 0.05) is 19.5 Å². The Morgan fingerprint density at radius 2 is 1.76 bits per heavy atom. The Morgan fingerprint density at radius 1 is 1.00 bits per heavy atom. The van der Waals surface area contributed by atoms with Gasteiger partial charge in [0.1, 0.15) is 5.75 Å². The molecule has 0 aliphatic carbocycles. The molecular weight excluding hydrogens is 450 g/mol. The van der Waals surface area contributed by atoms with Gasteiger partial charge in [-0.05, 0) is 34.7 Å². The second kappa shape index (κ2) is 10.2. The number of ether oxygens (including phenoxy) is 2. The quantitative estimate of drug-likeness (QED) is 0.541. The molecule has 2 amide bonds. The highest BCUT2D eigenvalue weighted by molar-refractivity contribution is 7.12. The number of morpholine rings is 1. The average molecular weight is 476 g/mol. The van der Waals surface area contributed by atoms with Crippen molar-refractivity contribution in [2.24, 2.45) is 5.10 Å². The van der Waals surface area contributed by atoms with Crippen molar-refractivity contribution in [3.8, 4) is 5.75 Å². The molecule has 3 heterocycles. The molecule has 2 aliphatic rings. The lowest BCUT2D eigenvalue weighted by Crippen LogP contribution is -2.42. The summed E-state index contributed by atoms with van der Waals surface area (Å²) in [5.41, 5.74) is 2.86. The highest BCUT2D eigenvalue weighted by atomic mass is 32.1. The van der Waals surface area contributed by atoms with Crippen LogP contribution < -0.4 is 4.74 Å². The number of hydrogen-bond acceptors (Lipinski definition) is 6. The van der Waals surface area contributed by atoms with Crippen LogP contribution in [0.1, 0.15) is 33.3 Å². The monoisotopic (exact) mass is 475 g/mol. The Morgan fingerprint density at radius 3 is 2.47 bits per heavy atom. The number of carbonyl (C=O) groups is 2. The van der Waals surface area contributed by atoms with Crippen molar-refractivity contribution >= 4 is 28.9 Å². The lowest BCUT2D eigenvalue weighted by Gasteiger charge is -2.26. The zero-order valence-electron chi connectivity index (χ0n) is 18.6. The molecule has 34 heavy (non-hydrogen) atoms. The van der Waals surface area contributed by atoms with Gasteiger partial charge in [0.05, 0.1) is 29.8 Å². The number of amides is 2. The van der Waals surface area contributed by atoms with Crippen LogP contribution >= 0.6 is 11.3 Å². The minimum absolute atomic E-state index is 0.00691. The lowest BCUT2D eigenvalue weighted by molar-refractivity contribution is -0.137. The highest BCUT2D eigenvalue weighted by Gasteiger charge is 2.34. The summed E-state index contributed by atoms with van der Waals surface area (Å²) in [6.45, 7) is 2.32. The number of carbonyl (C=O) groups excluding carboxylic acids is 2. The molecule has 7 nitrogen and oxygen atoms in total. The normalized spacial score (nSPS) is 18.0. The van der Waals surface area contributed by atoms with E-state index in [-0.39, 0.29) is 24.5 Å². The van der Waals surface area contributed by atoms with Gasteiger partial charge in [-0.25, -0.2) is 5.01 Å². The van der Waals surface area contributed by atoms with E-state index >= 15 is 0 Å². The molecule has 2 aliphatic heterocycles. The van der Waals surface area contributed by atoms with Crippen molar-refractivity contribution in [3.63, 3.8) is 0 Å². The minimum Gasteiger partial charge on any atom is -0.484 e. The van der Waals surface area contributed by atoms with E-state index in [1.807, 2.05) is 72.1 Å². The summed E-state index contributed by atoms with van der Waals surface area (Å²) >= 11 is 1.41. The van der Waals surface area contributed by atoms with E-state index < -0.39 is 0 Å². The Hall–Kier alpha value is -3.49. The van der Waals surface area contributed by atoms with Gasteiger partial charge >= 0.3 is 0 Å². The molecule has 8 heteroatoms. The number of nitrogens with zero attached hydrogens (tertiary/aromatic N) is 3. The molecule has 0 saturated carbocycles. The third-order valence-corrected chi connectivity index (χ3v) is 6.81. The van der Waals surface area contributed by atoms with Gasteiger partial charge in [-0.3, -0.25) is 9.59 Å². The summed E-state index contributed by atoms with van der Waals surface area (Å²) < 4.78 is 11.0. The zero-order chi connectivity index (χ0) is 23.3. The van der Waals surface area contributed by atoms with Gasteiger partial charge in [-0.15, -0.1) is 11.3 Å². The Labute approximate surface area is 202 Å². The maximum atomic E-state index is 13.2. The molecule has 1 fully saturated rings. The van der Waals surface area contributed by atoms with Crippen molar-refractivity contribution in [3.05, 3.63) is 88.1 Å². The molecule has 174 valence electrons. The van der Waals surface area contributed by atoms with Crippen LogP contribution in [0.15, 0.2) is 77.2 Å². The molecule has 1 aromatic heterocycles. The molecule has 0 radical (unpaired) electrons. The molecule has 0 unspecified atom stereocenters. The molecule has 0 N–H and O–H groups in total. The fourth-order valence-electron chi connectivity index (χ4n) is 4.11. The summed E-state index contributed by atoms with van der Waals surface area (Å²) in [6.07, 6.45) is 0.622. The second-order valence-corrected chi connectivity index (χ2v) is 9.06. The van der Waals surface area contributed by atoms with Crippen LogP contribution in [0.25, 0.3) is 0 Å². The van der Waals surface area contributed by atoms with E-state index in [1.165, 1.54) is 11.3 Å². The predicted octanol–water partition coefficient (Wildman–Crippen LogP) is 3.98. The van der Waals surface area contributed by atoms with Crippen molar-refractivity contribution in [2.45, 2.75) is 12.5 Å². The smallest absolute Gasteiger partial charge is 0.284 e. The summed E-state index contributed by atoms with van der Waals surface area (Å²) in [4.78, 5) is 28.0. The molecule has 0 bridgehead atoms. The van der Waals surface area contributed by atoms with Crippen LogP contribution in [0.2, 0.25) is 0 Å². The molecule has 0 spiro atoms. The van der Waals surface area contributed by atoms with Gasteiger partial charge in [0.2, 0.25) is 0 Å². The molecule has 2 aromatic carbocycles. The van der Waals surface area contributed by atoms with Crippen LogP contribution in [-0.4, -0.2) is 60.3 Å². The lowest BCUT2D eigenvalue weighted by atomic mass is 9.98. The zero-order valence-corrected chi connectivity index (χ0v) is 19.4. The fourth-order valence-corrected chi connectivity index (χ4v) is 4.77. The number of hydrazone groups is 1. The van der Waals surface area contributed by atoms with Crippen molar-refractivity contribution in [2.75, 3.05) is 32.9 Å². The first kappa shape index (κ1) is 22.3. The topological polar surface area (TPSA) is 71.4 Å². The van der Waals surface area contributed by atoms with E-state index in [4.69, 9.17) is 14.6 Å². The second-order valence-electron chi connectivity index (χ2n) is 8.11. The third kappa shape index (κ3) is 4.88. The standard InChI is InChI=1S/C26H25N3O4S/c30-25(28-12-14-32-15-13-28)18-33-21-10-8-20(9-11-21)23-17-22(19-5-2-1-3-6-19)27-29(23)26(31)24-7-4-16-34-24/h1-11,16,23H,12-15,17-18H2/t23-/m0/s1. The molecule has 1 saturated heterocycles. The van der Waals surface area contributed by atoms with E-state index in [2.05, 4.69) is 0 Å². The van der Waals surface area contributed by atoms with E-state index in [1.54, 1.807) is 9.91 Å². The minimum atomic E-state index is -0.214. The van der Waals surface area contributed by atoms with Crippen molar-refractivity contribution < 1.29 is 19.1 Å². The van der Waals surface area contributed by atoms with Gasteiger partial charge in [0.15, 0.2) is 6.61 Å². The molecule has 5 rings (SSSR count). The first-order valence-electron chi connectivity index (χ1n) is 11.3. The van der Waals surface area contributed by atoms with Crippen molar-refractivity contribution in [1.29, 1.82) is 0 Å². The van der Waals surface area contributed by atoms with E-state index in [9.17, 15) is 9.59 Å². The van der Waals surface area contributed by atoms with Gasteiger partial charge in [0.25, 0.3) is 11.8 Å². The van der Waals surface area contributed by atoms with Gasteiger partial charge in [-0.2, -0.15) is 5.10 Å². The van der Waals surface area contributed by atoms with Crippen LogP contribution in [0.3, 0.4) is 0 Å². The van der Waals surface area contributed by atoms with Gasteiger partial charge < -0.3 is 14.4 Å². The molecule has 3 aromatic rings. The van der Waals surface area contributed by atoms with Crippen molar-refractivity contribution in [1.82, 2.24) is 9.91 Å². The average Bonchev–Trinajstić information content (AvgIpc) is 3.59. The number of benzene rings is 2. The Balaban J connectivity index is 1.31. The largest absolute Gasteiger partial charge is 0.484 e. The predicted molar refractivity (Wildman–Crippen MR) is 130 cm³/mol. The molecular formula is C26H25N3O4S. The number of hydrogen-bond donors (Lipinski definition) is 0. The Bertz CT molecular complexity index is 1160. The first-order chi connectivity index (χ1) is 16.7. The summed E-state index contributed by atoms with van der Waals surface area (Å²) in [7, 11) is 0. The maximum absolute atomic E-state index is 13.2. The Kier molecular flexibility index (Phi) is 6.69. The molecule has 1 atom stereocenters. The van der Waals surface area contributed by atoms with Crippen LogP contribution in [-0.2, 0) is 9.53 Å². The summed E-state index contributed by atoms with van der Waals surface area (Å²) in [6, 6.07) is 21.0. The van der Waals surface area contributed by atoms with Crippen LogP contribution in [0.5, 0.6) is 5.75 Å². The fraction of sp³-hybridized carbons (Fsp3) is 0.269. The van der Waals surface area contributed by atoms with Crippen LogP contribution in [0.4, 0.5) is 0 Å². The first-order valence-corrected chi connectivity index (χ1v) is 12.2. The van der Waals surface area contributed by atoms with Gasteiger partial charge in [-0.1, -0.05) is 48.5 Å². The van der Waals surface area contributed by atoms with E-state index in [0.717, 1.165) is 16.8 Å². The number of thiophene rings is 1. The highest BCUT2D eigenvalue weighted by Crippen LogP contribution is 2.35. The SMILES string of the molecule is O=C(COc1ccc([C@@H]2CC(c3ccccc3)=NN2C(=O)c2cccs2)cc1)N1CCOCC1. The maximum Gasteiger partial charge on any atom is 0.284 e. The number of rotatable bonds is 6. The van der Waals surface area contributed by atoms with Crippen LogP contribution in [0, 0.1) is 0 Å². The third-order valence-electron chi connectivity index (χ3n) is 5.95. The summed E-state index contributed by atoms with van der Waals surface area (Å²) in [5, 5.41) is 8.20. The summed E-state index contributed by atoms with van der Waals surface area (Å²) in [5.74, 6) is 0.461.